The van der Waals surface area contributed by atoms with Gasteiger partial charge in [-0.3, -0.25) is 0 Å². The molecule has 72 valence electrons. The van der Waals surface area contributed by atoms with Crippen molar-refractivity contribution in [2.75, 3.05) is 0 Å². The van der Waals surface area contributed by atoms with E-state index in [1.54, 1.807) is 13.0 Å². The smallest absolute Gasteiger partial charge is 0.125 e. The molecule has 4 heteroatoms. The van der Waals surface area contributed by atoms with Crippen molar-refractivity contribution < 1.29 is 9.50 Å². The average Bonchev–Trinajstić information content (AvgIpc) is 2.01. The third-order valence-electron chi connectivity index (χ3n) is 1.79. The fourth-order valence-corrected chi connectivity index (χ4v) is 1.28. The maximum Gasteiger partial charge on any atom is 0.125 e. The number of aliphatic hydroxyl groups is 1. The van der Waals surface area contributed by atoms with Gasteiger partial charge in [0.1, 0.15) is 5.82 Å². The highest BCUT2D eigenvalue weighted by molar-refractivity contribution is 6.30. The molecule has 1 aromatic carbocycles. The van der Waals surface area contributed by atoms with Crippen LogP contribution in [-0.2, 0) is 0 Å². The molecule has 0 fully saturated rings. The highest BCUT2D eigenvalue weighted by Gasteiger charge is 2.13. The Kier molecular flexibility index (Phi) is 3.25. The van der Waals surface area contributed by atoms with Crippen molar-refractivity contribution in [3.63, 3.8) is 0 Å². The van der Waals surface area contributed by atoms with E-state index in [2.05, 4.69) is 0 Å². The Bertz CT molecular complexity index is 283. The fraction of sp³-hybridized carbons (Fsp3) is 0.333. The molecule has 0 radical (unpaired) electrons. The number of halogens is 2. The maximum atomic E-state index is 12.8. The quantitative estimate of drug-likeness (QED) is 0.771. The molecule has 3 N–H and O–H groups in total. The molecule has 0 saturated carbocycles. The second kappa shape index (κ2) is 4.05. The van der Waals surface area contributed by atoms with Gasteiger partial charge in [-0.05, 0) is 30.7 Å². The number of nitrogens with two attached hydrogens (primary N) is 1. The van der Waals surface area contributed by atoms with Gasteiger partial charge in [0.2, 0.25) is 0 Å². The van der Waals surface area contributed by atoms with Crippen LogP contribution in [0.25, 0.3) is 0 Å². The van der Waals surface area contributed by atoms with Crippen LogP contribution in [-0.4, -0.2) is 11.2 Å². The zero-order valence-electron chi connectivity index (χ0n) is 7.17. The number of aliphatic hydroxyl groups excluding tert-OH is 1. The molecule has 1 aromatic rings. The van der Waals surface area contributed by atoms with E-state index in [1.165, 1.54) is 12.1 Å². The van der Waals surface area contributed by atoms with Crippen LogP contribution in [0.5, 0.6) is 0 Å². The molecule has 0 bridgehead atoms. The first-order chi connectivity index (χ1) is 6.00. The molecule has 1 unspecified atom stereocenters. The number of rotatable bonds is 2. The van der Waals surface area contributed by atoms with Crippen LogP contribution in [0.15, 0.2) is 18.2 Å². The average molecular weight is 204 g/mol. The van der Waals surface area contributed by atoms with E-state index in [0.717, 1.165) is 0 Å². The molecular formula is C9H11ClFNO. The van der Waals surface area contributed by atoms with Crippen LogP contribution < -0.4 is 5.73 Å². The molecule has 13 heavy (non-hydrogen) atoms. The van der Waals surface area contributed by atoms with Gasteiger partial charge < -0.3 is 10.8 Å². The third kappa shape index (κ3) is 2.66. The molecule has 0 heterocycles. The van der Waals surface area contributed by atoms with Crippen molar-refractivity contribution in [3.8, 4) is 0 Å². The van der Waals surface area contributed by atoms with E-state index in [1.807, 2.05) is 0 Å². The van der Waals surface area contributed by atoms with Crippen molar-refractivity contribution in [1.29, 1.82) is 0 Å². The first-order valence-electron chi connectivity index (χ1n) is 3.90. The van der Waals surface area contributed by atoms with E-state index < -0.39 is 18.0 Å². The van der Waals surface area contributed by atoms with Gasteiger partial charge in [0.05, 0.1) is 12.1 Å². The van der Waals surface area contributed by atoms with Gasteiger partial charge >= 0.3 is 0 Å². The predicted octanol–water partition coefficient (Wildman–Crippen LogP) is 1.86. The molecule has 0 aliphatic rings. The van der Waals surface area contributed by atoms with Crippen molar-refractivity contribution in [3.05, 3.63) is 34.6 Å². The molecule has 0 aromatic heterocycles. The summed E-state index contributed by atoms with van der Waals surface area (Å²) in [6.07, 6.45) is -0.724. The summed E-state index contributed by atoms with van der Waals surface area (Å²) in [6.45, 7) is 1.55. The molecule has 0 aliphatic heterocycles. The summed E-state index contributed by atoms with van der Waals surface area (Å²) >= 11 is 5.62. The lowest BCUT2D eigenvalue weighted by Gasteiger charge is -2.15. The number of hydrogen-bond acceptors (Lipinski definition) is 2. The Labute approximate surface area is 81.1 Å². The minimum Gasteiger partial charge on any atom is -0.391 e. The van der Waals surface area contributed by atoms with E-state index in [-0.39, 0.29) is 5.02 Å². The third-order valence-corrected chi connectivity index (χ3v) is 2.01. The Morgan fingerprint density at radius 2 is 2.08 bits per heavy atom. The topological polar surface area (TPSA) is 46.2 Å². The maximum absolute atomic E-state index is 12.8. The van der Waals surface area contributed by atoms with Gasteiger partial charge in [-0.15, -0.1) is 0 Å². The molecule has 2 nitrogen and oxygen atoms in total. The molecule has 0 aliphatic carbocycles. The Morgan fingerprint density at radius 3 is 2.54 bits per heavy atom. The summed E-state index contributed by atoms with van der Waals surface area (Å²) < 4.78 is 12.8. The number of hydrogen-bond donors (Lipinski definition) is 2. The van der Waals surface area contributed by atoms with Crippen LogP contribution in [0.2, 0.25) is 5.02 Å². The molecule has 2 atom stereocenters. The molecule has 0 saturated heterocycles. The van der Waals surface area contributed by atoms with Gasteiger partial charge in [0.25, 0.3) is 0 Å². The van der Waals surface area contributed by atoms with Crippen molar-refractivity contribution in [2.24, 2.45) is 5.73 Å². The number of benzene rings is 1. The summed E-state index contributed by atoms with van der Waals surface area (Å²) in [6, 6.07) is 3.40. The normalized spacial score (nSPS) is 15.5. The van der Waals surface area contributed by atoms with Crippen LogP contribution in [0.3, 0.4) is 0 Å². The van der Waals surface area contributed by atoms with Gasteiger partial charge in [-0.2, -0.15) is 0 Å². The van der Waals surface area contributed by atoms with Gasteiger partial charge in [0.15, 0.2) is 0 Å². The van der Waals surface area contributed by atoms with Crippen molar-refractivity contribution >= 4 is 11.6 Å². The van der Waals surface area contributed by atoms with Crippen LogP contribution in [0.4, 0.5) is 4.39 Å². The molecule has 0 amide bonds. The minimum atomic E-state index is -0.724. The summed E-state index contributed by atoms with van der Waals surface area (Å²) in [5.41, 5.74) is 6.10. The SMILES string of the molecule is CC(O)[C@H](N)c1cc(F)cc(Cl)c1. The molecule has 1 rings (SSSR count). The molecule has 0 spiro atoms. The standard InChI is InChI=1S/C9H11ClFNO/c1-5(13)9(12)6-2-7(10)4-8(11)3-6/h2-5,9,13H,12H2,1H3/t5?,9-/m0/s1. The lowest BCUT2D eigenvalue weighted by Crippen LogP contribution is -2.23. The summed E-state index contributed by atoms with van der Waals surface area (Å²) in [5.74, 6) is -0.446. The molecular weight excluding hydrogens is 193 g/mol. The second-order valence-corrected chi connectivity index (χ2v) is 3.41. The van der Waals surface area contributed by atoms with Crippen LogP contribution in [0.1, 0.15) is 18.5 Å². The van der Waals surface area contributed by atoms with Gasteiger partial charge in [-0.1, -0.05) is 11.6 Å². The fourth-order valence-electron chi connectivity index (χ4n) is 1.05. The first kappa shape index (κ1) is 10.4. The van der Waals surface area contributed by atoms with Crippen molar-refractivity contribution in [2.45, 2.75) is 19.1 Å². The highest BCUT2D eigenvalue weighted by atomic mass is 35.5. The van der Waals surface area contributed by atoms with Crippen LogP contribution >= 0.6 is 11.6 Å². The summed E-state index contributed by atoms with van der Waals surface area (Å²) in [4.78, 5) is 0. The largest absolute Gasteiger partial charge is 0.391 e. The Hall–Kier alpha value is -0.640. The zero-order chi connectivity index (χ0) is 10.0. The van der Waals surface area contributed by atoms with E-state index in [0.29, 0.717) is 5.56 Å². The lowest BCUT2D eigenvalue weighted by molar-refractivity contribution is 0.164. The summed E-state index contributed by atoms with van der Waals surface area (Å²) in [5, 5.41) is 9.45. The Balaban J connectivity index is 3.01. The zero-order valence-corrected chi connectivity index (χ0v) is 7.92. The predicted molar refractivity (Wildman–Crippen MR) is 50.0 cm³/mol. The Morgan fingerprint density at radius 1 is 1.46 bits per heavy atom. The summed E-state index contributed by atoms with van der Waals surface area (Å²) in [7, 11) is 0. The van der Waals surface area contributed by atoms with Crippen LogP contribution in [0, 0.1) is 5.82 Å². The van der Waals surface area contributed by atoms with Crippen molar-refractivity contribution in [1.82, 2.24) is 0 Å². The second-order valence-electron chi connectivity index (χ2n) is 2.97. The highest BCUT2D eigenvalue weighted by Crippen LogP contribution is 2.20. The minimum absolute atomic E-state index is 0.283. The van der Waals surface area contributed by atoms with E-state index in [4.69, 9.17) is 22.4 Å². The van der Waals surface area contributed by atoms with E-state index in [9.17, 15) is 4.39 Å². The van der Waals surface area contributed by atoms with Gasteiger partial charge in [-0.25, -0.2) is 4.39 Å². The lowest BCUT2D eigenvalue weighted by atomic mass is 10.0. The van der Waals surface area contributed by atoms with E-state index >= 15 is 0 Å². The monoisotopic (exact) mass is 203 g/mol. The van der Waals surface area contributed by atoms with Gasteiger partial charge in [0, 0.05) is 5.02 Å². The first-order valence-corrected chi connectivity index (χ1v) is 4.28.